The van der Waals surface area contributed by atoms with E-state index >= 15 is 0 Å². The lowest BCUT2D eigenvalue weighted by molar-refractivity contribution is -0.384. The molecule has 1 saturated carbocycles. The molecule has 6 nitrogen and oxygen atoms in total. The van der Waals surface area contributed by atoms with Gasteiger partial charge in [-0.15, -0.1) is 0 Å². The molecule has 0 unspecified atom stereocenters. The van der Waals surface area contributed by atoms with Crippen molar-refractivity contribution in [3.8, 4) is 0 Å². The lowest BCUT2D eigenvalue weighted by atomic mass is 10.1. The smallest absolute Gasteiger partial charge is 0.340 e. The van der Waals surface area contributed by atoms with Crippen LogP contribution in [-0.2, 0) is 4.74 Å². The van der Waals surface area contributed by atoms with Crippen LogP contribution in [0, 0.1) is 21.8 Å². The number of carbonyl (C=O) groups excluding carboxylic acids is 1. The van der Waals surface area contributed by atoms with Crippen LogP contribution in [0.2, 0.25) is 0 Å². The van der Waals surface area contributed by atoms with Crippen LogP contribution in [0.1, 0.15) is 30.1 Å². The third kappa shape index (κ3) is 3.29. The lowest BCUT2D eigenvalue weighted by Gasteiger charge is -2.23. The lowest BCUT2D eigenvalue weighted by Crippen LogP contribution is -2.26. The number of nitro benzene ring substituents is 1. The third-order valence-electron chi connectivity index (χ3n) is 3.56. The Labute approximate surface area is 121 Å². The molecule has 1 aliphatic rings. The molecule has 1 fully saturated rings. The maximum absolute atomic E-state index is 13.8. The van der Waals surface area contributed by atoms with Crippen molar-refractivity contribution in [1.82, 2.24) is 0 Å². The zero-order valence-electron chi connectivity index (χ0n) is 12.0. The number of rotatable bonds is 6. The Balaban J connectivity index is 2.47. The van der Waals surface area contributed by atoms with Crippen LogP contribution in [0.5, 0.6) is 0 Å². The average Bonchev–Trinajstić information content (AvgIpc) is 3.27. The van der Waals surface area contributed by atoms with Crippen LogP contribution in [-0.4, -0.2) is 31.1 Å². The highest BCUT2D eigenvalue weighted by Gasteiger charge is 2.29. The molecule has 21 heavy (non-hydrogen) atoms. The van der Waals surface area contributed by atoms with Gasteiger partial charge in [0.05, 0.1) is 23.7 Å². The first kappa shape index (κ1) is 15.2. The number of nitro groups is 1. The van der Waals surface area contributed by atoms with E-state index in [4.69, 9.17) is 0 Å². The second-order valence-electron chi connectivity index (χ2n) is 5.05. The van der Waals surface area contributed by atoms with Gasteiger partial charge < -0.3 is 9.64 Å². The summed E-state index contributed by atoms with van der Waals surface area (Å²) < 4.78 is 18.4. The number of ether oxygens (including phenoxy) is 1. The Bertz CT molecular complexity index is 572. The molecule has 0 aliphatic heterocycles. The van der Waals surface area contributed by atoms with Crippen LogP contribution in [0.3, 0.4) is 0 Å². The SMILES string of the molecule is CCN(CC1CC1)c1cc(C(=O)OC)c(F)cc1[N+](=O)[O-]. The van der Waals surface area contributed by atoms with Crippen LogP contribution in [0.15, 0.2) is 12.1 Å². The summed E-state index contributed by atoms with van der Waals surface area (Å²) in [5, 5.41) is 11.1. The highest BCUT2D eigenvalue weighted by molar-refractivity contribution is 5.92. The summed E-state index contributed by atoms with van der Waals surface area (Å²) in [5.74, 6) is -1.28. The summed E-state index contributed by atoms with van der Waals surface area (Å²) in [7, 11) is 1.14. The second kappa shape index (κ2) is 6.07. The van der Waals surface area contributed by atoms with Crippen molar-refractivity contribution in [2.45, 2.75) is 19.8 Å². The van der Waals surface area contributed by atoms with Gasteiger partial charge in [0.15, 0.2) is 0 Å². The van der Waals surface area contributed by atoms with Gasteiger partial charge in [-0.25, -0.2) is 9.18 Å². The molecule has 0 radical (unpaired) electrons. The molecule has 1 aliphatic carbocycles. The van der Waals surface area contributed by atoms with Crippen molar-refractivity contribution in [2.75, 3.05) is 25.1 Å². The number of methoxy groups -OCH3 is 1. The second-order valence-corrected chi connectivity index (χ2v) is 5.05. The molecule has 0 amide bonds. The highest BCUT2D eigenvalue weighted by atomic mass is 19.1. The summed E-state index contributed by atoms with van der Waals surface area (Å²) in [6.07, 6.45) is 2.19. The Kier molecular flexibility index (Phi) is 4.40. The number of carbonyl (C=O) groups is 1. The van der Waals surface area contributed by atoms with E-state index in [0.717, 1.165) is 26.0 Å². The summed E-state index contributed by atoms with van der Waals surface area (Å²) in [6.45, 7) is 3.08. The number of nitrogens with zero attached hydrogens (tertiary/aromatic N) is 2. The number of benzene rings is 1. The molecule has 0 bridgehead atoms. The first-order chi connectivity index (χ1) is 9.97. The normalized spacial score (nSPS) is 13.9. The van der Waals surface area contributed by atoms with Crippen LogP contribution in [0.4, 0.5) is 15.8 Å². The predicted octanol–water partition coefficient (Wildman–Crippen LogP) is 2.76. The summed E-state index contributed by atoms with van der Waals surface area (Å²) in [6, 6.07) is 2.00. The zero-order valence-corrected chi connectivity index (χ0v) is 12.0. The van der Waals surface area contributed by atoms with Gasteiger partial charge >= 0.3 is 5.97 Å². The molecule has 0 saturated heterocycles. The van der Waals surface area contributed by atoms with Crippen molar-refractivity contribution in [1.29, 1.82) is 0 Å². The molecule has 0 aromatic heterocycles. The maximum atomic E-state index is 13.8. The van der Waals surface area contributed by atoms with E-state index in [9.17, 15) is 19.3 Å². The van der Waals surface area contributed by atoms with Crippen molar-refractivity contribution in [2.24, 2.45) is 5.92 Å². The monoisotopic (exact) mass is 296 g/mol. The standard InChI is InChI=1S/C14H17FN2O4/c1-3-16(8-9-4-5-9)12-6-10(14(18)21-2)11(15)7-13(12)17(19)20/h6-7,9H,3-5,8H2,1-2H3. The average molecular weight is 296 g/mol. The van der Waals surface area contributed by atoms with E-state index in [1.165, 1.54) is 6.07 Å². The molecule has 1 aromatic rings. The van der Waals surface area contributed by atoms with E-state index in [0.29, 0.717) is 19.0 Å². The Hall–Kier alpha value is -2.18. The minimum atomic E-state index is -0.945. The largest absolute Gasteiger partial charge is 0.465 e. The van der Waals surface area contributed by atoms with Gasteiger partial charge in [0.1, 0.15) is 11.5 Å². The fraction of sp³-hybridized carbons (Fsp3) is 0.500. The van der Waals surface area contributed by atoms with Crippen molar-refractivity contribution >= 4 is 17.3 Å². The predicted molar refractivity (Wildman–Crippen MR) is 75.0 cm³/mol. The van der Waals surface area contributed by atoms with Gasteiger partial charge in [0, 0.05) is 13.1 Å². The summed E-state index contributed by atoms with van der Waals surface area (Å²) in [5.41, 5.74) is -0.355. The van der Waals surface area contributed by atoms with Gasteiger partial charge in [-0.2, -0.15) is 0 Å². The summed E-state index contributed by atoms with van der Waals surface area (Å²) in [4.78, 5) is 23.9. The van der Waals surface area contributed by atoms with E-state index in [2.05, 4.69) is 4.74 Å². The van der Waals surface area contributed by atoms with Crippen LogP contribution >= 0.6 is 0 Å². The Morgan fingerprint density at radius 3 is 2.67 bits per heavy atom. The molecule has 114 valence electrons. The van der Waals surface area contributed by atoms with Gasteiger partial charge in [0.25, 0.3) is 5.69 Å². The third-order valence-corrected chi connectivity index (χ3v) is 3.56. The quantitative estimate of drug-likeness (QED) is 0.458. The molecule has 2 rings (SSSR count). The topological polar surface area (TPSA) is 72.7 Å². The Morgan fingerprint density at radius 1 is 1.52 bits per heavy atom. The van der Waals surface area contributed by atoms with E-state index in [-0.39, 0.29) is 16.9 Å². The number of halogens is 1. The fourth-order valence-corrected chi connectivity index (χ4v) is 2.23. The molecule has 1 aromatic carbocycles. The Morgan fingerprint density at radius 2 is 2.19 bits per heavy atom. The molecule has 0 N–H and O–H groups in total. The van der Waals surface area contributed by atoms with E-state index < -0.39 is 16.7 Å². The molecular weight excluding hydrogens is 279 g/mol. The fourth-order valence-electron chi connectivity index (χ4n) is 2.23. The molecule has 0 heterocycles. The molecular formula is C14H17FN2O4. The van der Waals surface area contributed by atoms with Gasteiger partial charge in [-0.3, -0.25) is 10.1 Å². The number of hydrogen-bond acceptors (Lipinski definition) is 5. The van der Waals surface area contributed by atoms with Crippen LogP contribution in [0.25, 0.3) is 0 Å². The minimum Gasteiger partial charge on any atom is -0.465 e. The highest BCUT2D eigenvalue weighted by Crippen LogP contribution is 2.36. The van der Waals surface area contributed by atoms with Gasteiger partial charge in [-0.1, -0.05) is 0 Å². The first-order valence-corrected chi connectivity index (χ1v) is 6.79. The van der Waals surface area contributed by atoms with Gasteiger partial charge in [0.2, 0.25) is 0 Å². The molecule has 0 atom stereocenters. The van der Waals surface area contributed by atoms with Crippen molar-refractivity contribution in [3.63, 3.8) is 0 Å². The van der Waals surface area contributed by atoms with E-state index in [1.54, 1.807) is 0 Å². The number of hydrogen-bond donors (Lipinski definition) is 0. The van der Waals surface area contributed by atoms with Crippen molar-refractivity contribution in [3.05, 3.63) is 33.6 Å². The molecule has 7 heteroatoms. The molecule has 0 spiro atoms. The summed E-state index contributed by atoms with van der Waals surface area (Å²) >= 11 is 0. The first-order valence-electron chi connectivity index (χ1n) is 6.79. The maximum Gasteiger partial charge on any atom is 0.340 e. The number of esters is 1. The minimum absolute atomic E-state index is 0.260. The van der Waals surface area contributed by atoms with E-state index in [1.807, 2.05) is 11.8 Å². The zero-order chi connectivity index (χ0) is 15.6. The van der Waals surface area contributed by atoms with Gasteiger partial charge in [-0.05, 0) is 31.7 Å². The van der Waals surface area contributed by atoms with Crippen LogP contribution < -0.4 is 4.90 Å². The number of anilines is 1. The van der Waals surface area contributed by atoms with Crippen molar-refractivity contribution < 1.29 is 18.8 Å².